The summed E-state index contributed by atoms with van der Waals surface area (Å²) < 4.78 is 12.7. The van der Waals surface area contributed by atoms with Crippen molar-refractivity contribution in [1.82, 2.24) is 19.5 Å². The van der Waals surface area contributed by atoms with E-state index in [1.165, 1.54) is 10.9 Å². The van der Waals surface area contributed by atoms with Gasteiger partial charge in [-0.05, 0) is 5.92 Å². The number of H-pyrrole nitrogens is 1. The van der Waals surface area contributed by atoms with Gasteiger partial charge in [-0.3, -0.25) is 19.1 Å². The number of rotatable bonds is 5. The maximum atomic E-state index is 12.1. The molecular formula is C15H22N6O5. The number of carbonyl (C=O) groups excluding carboxylic acids is 1. The second-order valence-corrected chi connectivity index (χ2v) is 6.57. The molecule has 0 amide bonds. The van der Waals surface area contributed by atoms with Gasteiger partial charge >= 0.3 is 5.97 Å². The van der Waals surface area contributed by atoms with Crippen LogP contribution in [0.15, 0.2) is 11.1 Å². The fourth-order valence-corrected chi connectivity index (χ4v) is 2.81. The van der Waals surface area contributed by atoms with Gasteiger partial charge < -0.3 is 26.0 Å². The predicted molar refractivity (Wildman–Crippen MR) is 90.9 cm³/mol. The lowest BCUT2D eigenvalue weighted by atomic mass is 10.1. The monoisotopic (exact) mass is 366 g/mol. The highest BCUT2D eigenvalue weighted by molar-refractivity contribution is 5.76. The van der Waals surface area contributed by atoms with E-state index in [2.05, 4.69) is 15.0 Å². The average molecular weight is 366 g/mol. The zero-order chi connectivity index (χ0) is 19.0. The van der Waals surface area contributed by atoms with Gasteiger partial charge in [0.15, 0.2) is 11.2 Å². The highest BCUT2D eigenvalue weighted by Gasteiger charge is 2.40. The molecule has 26 heavy (non-hydrogen) atoms. The molecule has 3 heterocycles. The van der Waals surface area contributed by atoms with E-state index in [4.69, 9.17) is 20.9 Å². The number of carbonyl (C=O) groups is 1. The van der Waals surface area contributed by atoms with Gasteiger partial charge in [0, 0.05) is 6.42 Å². The Bertz CT molecular complexity index is 862. The quantitative estimate of drug-likeness (QED) is 0.478. The van der Waals surface area contributed by atoms with Crippen LogP contribution in [0, 0.1) is 5.92 Å². The molecule has 0 aromatic carbocycles. The van der Waals surface area contributed by atoms with E-state index < -0.39 is 36.0 Å². The number of aromatic nitrogens is 4. The average Bonchev–Trinajstić information content (AvgIpc) is 3.17. The Kier molecular flexibility index (Phi) is 4.94. The van der Waals surface area contributed by atoms with Crippen LogP contribution in [0.3, 0.4) is 0 Å². The molecule has 0 radical (unpaired) electrons. The Balaban J connectivity index is 1.83. The number of aromatic amines is 1. The third-order valence-corrected chi connectivity index (χ3v) is 4.38. The van der Waals surface area contributed by atoms with Crippen LogP contribution in [0.1, 0.15) is 26.5 Å². The largest absolute Gasteiger partial charge is 0.458 e. The topological polar surface area (TPSA) is 171 Å². The molecule has 11 nitrogen and oxygen atoms in total. The highest BCUT2D eigenvalue weighted by atomic mass is 16.6. The van der Waals surface area contributed by atoms with E-state index in [0.29, 0.717) is 0 Å². The van der Waals surface area contributed by atoms with E-state index >= 15 is 0 Å². The molecule has 1 aliphatic heterocycles. The van der Waals surface area contributed by atoms with Gasteiger partial charge in [-0.2, -0.15) is 4.98 Å². The maximum absolute atomic E-state index is 12.1. The van der Waals surface area contributed by atoms with Gasteiger partial charge in [0.25, 0.3) is 5.56 Å². The van der Waals surface area contributed by atoms with Crippen LogP contribution in [0.5, 0.6) is 0 Å². The zero-order valence-electron chi connectivity index (χ0n) is 14.5. The Labute approximate surface area is 148 Å². The van der Waals surface area contributed by atoms with Crippen LogP contribution >= 0.6 is 0 Å². The van der Waals surface area contributed by atoms with Crippen LogP contribution in [0.2, 0.25) is 0 Å². The van der Waals surface area contributed by atoms with Gasteiger partial charge in [-0.1, -0.05) is 13.8 Å². The zero-order valence-corrected chi connectivity index (χ0v) is 14.5. The van der Waals surface area contributed by atoms with Crippen molar-refractivity contribution in [2.75, 3.05) is 12.3 Å². The molecular weight excluding hydrogens is 344 g/mol. The number of nitrogens with zero attached hydrogens (tertiary/aromatic N) is 3. The SMILES string of the molecule is CC(C)[C@H](N)C(=O)OC1C[C@H](n2cnc3c(=O)[nH]c(N)nc32)O[C@@H]1CO. The number of fused-ring (bicyclic) bond motifs is 1. The van der Waals surface area contributed by atoms with Crippen LogP contribution in [-0.2, 0) is 14.3 Å². The number of hydrogen-bond donors (Lipinski definition) is 4. The predicted octanol–water partition coefficient (Wildman–Crippen LogP) is -1.12. The van der Waals surface area contributed by atoms with Crippen molar-refractivity contribution in [2.24, 2.45) is 11.7 Å². The normalized spacial score (nSPS) is 24.3. The smallest absolute Gasteiger partial charge is 0.323 e. The van der Waals surface area contributed by atoms with Gasteiger partial charge in [-0.25, -0.2) is 4.98 Å². The minimum atomic E-state index is -0.762. The number of anilines is 1. The van der Waals surface area contributed by atoms with E-state index in [1.807, 2.05) is 13.8 Å². The molecule has 142 valence electrons. The third kappa shape index (κ3) is 3.28. The molecule has 11 heteroatoms. The standard InChI is InChI=1S/C15H22N6O5/c1-6(2)10(16)14(24)26-7-3-9(25-8(7)4-22)21-5-18-11-12(21)19-15(17)20-13(11)23/h5-10,22H,3-4,16H2,1-2H3,(H3,17,19,20,23)/t7?,8-,9-,10+/m1/s1. The van der Waals surface area contributed by atoms with Gasteiger partial charge in [0.2, 0.25) is 5.95 Å². The van der Waals surface area contributed by atoms with E-state index in [1.54, 1.807) is 0 Å². The fraction of sp³-hybridized carbons (Fsp3) is 0.600. The number of hydrogen-bond acceptors (Lipinski definition) is 9. The molecule has 0 aliphatic carbocycles. The summed E-state index contributed by atoms with van der Waals surface area (Å²) in [4.78, 5) is 34.5. The minimum absolute atomic E-state index is 0.0492. The number of imidazole rings is 1. The molecule has 4 atom stereocenters. The van der Waals surface area contributed by atoms with Crippen molar-refractivity contribution in [3.63, 3.8) is 0 Å². The second kappa shape index (κ2) is 7.02. The van der Waals surface area contributed by atoms with Crippen molar-refractivity contribution in [2.45, 2.75) is 44.7 Å². The number of aliphatic hydroxyl groups excluding tert-OH is 1. The molecule has 2 aromatic heterocycles. The summed E-state index contributed by atoms with van der Waals surface area (Å²) in [6.45, 7) is 3.29. The molecule has 6 N–H and O–H groups in total. The first-order valence-corrected chi connectivity index (χ1v) is 8.26. The molecule has 1 aliphatic rings. The maximum Gasteiger partial charge on any atom is 0.323 e. The van der Waals surface area contributed by atoms with Crippen LogP contribution in [0.25, 0.3) is 11.2 Å². The summed E-state index contributed by atoms with van der Waals surface area (Å²) in [7, 11) is 0. The summed E-state index contributed by atoms with van der Waals surface area (Å²) in [6.07, 6.45) is -0.380. The minimum Gasteiger partial charge on any atom is -0.458 e. The number of nitrogen functional groups attached to an aromatic ring is 1. The van der Waals surface area contributed by atoms with Crippen molar-refractivity contribution in [3.05, 3.63) is 16.7 Å². The van der Waals surface area contributed by atoms with Crippen LogP contribution in [0.4, 0.5) is 5.95 Å². The number of nitrogens with one attached hydrogen (secondary N) is 1. The first-order valence-electron chi connectivity index (χ1n) is 8.26. The molecule has 1 saturated heterocycles. The van der Waals surface area contributed by atoms with Crippen molar-refractivity contribution in [3.8, 4) is 0 Å². The Morgan fingerprint density at radius 2 is 2.31 bits per heavy atom. The molecule has 2 aromatic rings. The summed E-state index contributed by atoms with van der Waals surface area (Å²) in [5, 5.41) is 9.55. The Hall–Kier alpha value is -2.50. The van der Waals surface area contributed by atoms with Crippen molar-refractivity contribution in [1.29, 1.82) is 0 Å². The molecule has 1 fully saturated rings. The first-order chi connectivity index (χ1) is 12.3. The summed E-state index contributed by atoms with van der Waals surface area (Å²) in [6, 6.07) is -0.762. The molecule has 0 bridgehead atoms. The number of ether oxygens (including phenoxy) is 2. The summed E-state index contributed by atoms with van der Waals surface area (Å²) in [5.41, 5.74) is 11.3. The lowest BCUT2D eigenvalue weighted by molar-refractivity contribution is -0.155. The van der Waals surface area contributed by atoms with E-state index in [9.17, 15) is 14.7 Å². The summed E-state index contributed by atoms with van der Waals surface area (Å²) in [5.74, 6) is -0.682. The highest BCUT2D eigenvalue weighted by Crippen LogP contribution is 2.32. The molecule has 0 spiro atoms. The van der Waals surface area contributed by atoms with Gasteiger partial charge in [-0.15, -0.1) is 0 Å². The summed E-state index contributed by atoms with van der Waals surface area (Å²) >= 11 is 0. The second-order valence-electron chi connectivity index (χ2n) is 6.57. The Morgan fingerprint density at radius 3 is 2.96 bits per heavy atom. The van der Waals surface area contributed by atoms with Gasteiger partial charge in [0.05, 0.1) is 12.9 Å². The van der Waals surface area contributed by atoms with E-state index in [-0.39, 0.29) is 36.1 Å². The van der Waals surface area contributed by atoms with E-state index in [0.717, 1.165) is 0 Å². The number of esters is 1. The Morgan fingerprint density at radius 1 is 1.58 bits per heavy atom. The van der Waals surface area contributed by atoms with Crippen molar-refractivity contribution >= 4 is 23.1 Å². The number of nitrogens with two attached hydrogens (primary N) is 2. The lowest BCUT2D eigenvalue weighted by Gasteiger charge is -2.20. The lowest BCUT2D eigenvalue weighted by Crippen LogP contribution is -2.41. The molecule has 0 saturated carbocycles. The van der Waals surface area contributed by atoms with Crippen molar-refractivity contribution < 1.29 is 19.4 Å². The van der Waals surface area contributed by atoms with Crippen LogP contribution < -0.4 is 17.0 Å². The molecule has 1 unspecified atom stereocenters. The first kappa shape index (κ1) is 18.3. The van der Waals surface area contributed by atoms with Gasteiger partial charge in [0.1, 0.15) is 24.5 Å². The van der Waals surface area contributed by atoms with Crippen LogP contribution in [-0.4, -0.2) is 55.5 Å². The number of aliphatic hydroxyl groups is 1. The third-order valence-electron chi connectivity index (χ3n) is 4.38. The fourth-order valence-electron chi connectivity index (χ4n) is 2.81. The molecule has 3 rings (SSSR count).